The lowest BCUT2D eigenvalue weighted by molar-refractivity contribution is 0.601. The van der Waals surface area contributed by atoms with Gasteiger partial charge in [0.05, 0.1) is 4.90 Å². The van der Waals surface area contributed by atoms with Gasteiger partial charge in [-0.15, -0.1) is 11.6 Å². The van der Waals surface area contributed by atoms with Crippen LogP contribution in [0, 0.1) is 0 Å². The Morgan fingerprint density at radius 3 is 2.26 bits per heavy atom. The predicted octanol–water partition coefficient (Wildman–Crippen LogP) is 3.08. The van der Waals surface area contributed by atoms with Crippen LogP contribution in [0.2, 0.25) is 0 Å². The molecule has 1 saturated carbocycles. The van der Waals surface area contributed by atoms with E-state index in [0.29, 0.717) is 16.8 Å². The van der Waals surface area contributed by atoms with Crippen LogP contribution in [0.4, 0.5) is 5.69 Å². The Kier molecular flexibility index (Phi) is 4.74. The molecule has 5 heteroatoms. The predicted molar refractivity (Wildman–Crippen MR) is 79.9 cm³/mol. The van der Waals surface area contributed by atoms with Crippen molar-refractivity contribution in [2.24, 2.45) is 0 Å². The zero-order valence-corrected chi connectivity index (χ0v) is 12.8. The second-order valence-electron chi connectivity index (χ2n) is 5.09. The van der Waals surface area contributed by atoms with Gasteiger partial charge in [-0.3, -0.25) is 0 Å². The number of hydrogen-bond acceptors (Lipinski definition) is 3. The normalized spacial score (nSPS) is 16.7. The van der Waals surface area contributed by atoms with E-state index in [1.807, 2.05) is 12.1 Å². The molecule has 1 aromatic carbocycles. The monoisotopic (exact) mass is 301 g/mol. The number of hydrogen-bond donors (Lipinski definition) is 0. The van der Waals surface area contributed by atoms with Crippen molar-refractivity contribution in [3.8, 4) is 0 Å². The van der Waals surface area contributed by atoms with Crippen LogP contribution in [0.15, 0.2) is 29.2 Å². The minimum atomic E-state index is -3.12. The first-order chi connectivity index (χ1) is 9.02. The average Bonchev–Trinajstić information content (AvgIpc) is 2.89. The molecule has 0 radical (unpaired) electrons. The average molecular weight is 302 g/mol. The number of rotatable bonds is 5. The molecule has 1 fully saturated rings. The molecule has 1 aromatic rings. The van der Waals surface area contributed by atoms with Crippen LogP contribution in [0.5, 0.6) is 0 Å². The lowest BCUT2D eigenvalue weighted by atomic mass is 10.2. The Labute approximate surface area is 120 Å². The summed E-state index contributed by atoms with van der Waals surface area (Å²) in [5.41, 5.74) is 1.07. The molecule has 0 amide bonds. The van der Waals surface area contributed by atoms with Crippen molar-refractivity contribution in [3.63, 3.8) is 0 Å². The van der Waals surface area contributed by atoms with E-state index >= 15 is 0 Å². The Bertz CT molecular complexity index is 507. The van der Waals surface area contributed by atoms with Crippen molar-refractivity contribution in [1.82, 2.24) is 0 Å². The van der Waals surface area contributed by atoms with Gasteiger partial charge >= 0.3 is 0 Å². The quantitative estimate of drug-likeness (QED) is 0.784. The summed E-state index contributed by atoms with van der Waals surface area (Å²) in [6.45, 7) is 0.810. The second kappa shape index (κ2) is 6.14. The third-order valence-electron chi connectivity index (χ3n) is 3.69. The van der Waals surface area contributed by atoms with Gasteiger partial charge in [0.1, 0.15) is 0 Å². The molecule has 106 valence electrons. The van der Waals surface area contributed by atoms with E-state index < -0.39 is 9.84 Å². The number of alkyl halides is 1. The Morgan fingerprint density at radius 1 is 1.21 bits per heavy atom. The molecule has 0 unspecified atom stereocenters. The van der Waals surface area contributed by atoms with Crippen LogP contribution in [0.3, 0.4) is 0 Å². The highest BCUT2D eigenvalue weighted by molar-refractivity contribution is 7.90. The van der Waals surface area contributed by atoms with Crippen LogP contribution in [0.25, 0.3) is 0 Å². The molecule has 1 aliphatic carbocycles. The fourth-order valence-corrected chi connectivity index (χ4v) is 3.53. The van der Waals surface area contributed by atoms with Crippen LogP contribution < -0.4 is 4.90 Å². The Balaban J connectivity index is 2.22. The molecule has 0 atom stereocenters. The van der Waals surface area contributed by atoms with Crippen LogP contribution in [-0.2, 0) is 9.84 Å². The molecule has 0 aromatic heterocycles. The van der Waals surface area contributed by atoms with Crippen molar-refractivity contribution in [1.29, 1.82) is 0 Å². The highest BCUT2D eigenvalue weighted by Gasteiger charge is 2.22. The van der Waals surface area contributed by atoms with E-state index in [4.69, 9.17) is 11.6 Å². The molecular weight excluding hydrogens is 282 g/mol. The zero-order chi connectivity index (χ0) is 13.9. The minimum absolute atomic E-state index is 0.369. The standard InChI is InChI=1S/C14H20ClNO2S/c1-19(17,18)14-8-6-13(7-9-14)16(11-10-15)12-4-2-3-5-12/h6-9,12H,2-5,10-11H2,1H3. The van der Waals surface area contributed by atoms with Gasteiger partial charge in [-0.25, -0.2) is 8.42 Å². The SMILES string of the molecule is CS(=O)(=O)c1ccc(N(CCCl)C2CCCC2)cc1. The smallest absolute Gasteiger partial charge is 0.175 e. The Morgan fingerprint density at radius 2 is 1.79 bits per heavy atom. The number of halogens is 1. The molecular formula is C14H20ClNO2S. The van der Waals surface area contributed by atoms with Crippen LogP contribution in [-0.4, -0.2) is 33.1 Å². The molecule has 0 aliphatic heterocycles. The lowest BCUT2D eigenvalue weighted by Crippen LogP contribution is -2.34. The van der Waals surface area contributed by atoms with E-state index in [1.54, 1.807) is 12.1 Å². The summed E-state index contributed by atoms with van der Waals surface area (Å²) in [6, 6.07) is 7.69. The number of anilines is 1. The maximum atomic E-state index is 11.5. The van der Waals surface area contributed by atoms with Gasteiger partial charge in [0.2, 0.25) is 0 Å². The first-order valence-electron chi connectivity index (χ1n) is 6.65. The zero-order valence-electron chi connectivity index (χ0n) is 11.2. The number of nitrogens with zero attached hydrogens (tertiary/aromatic N) is 1. The van der Waals surface area contributed by atoms with Crippen molar-refractivity contribution in [2.45, 2.75) is 36.6 Å². The second-order valence-corrected chi connectivity index (χ2v) is 7.48. The molecule has 19 heavy (non-hydrogen) atoms. The van der Waals surface area contributed by atoms with E-state index in [9.17, 15) is 8.42 Å². The largest absolute Gasteiger partial charge is 0.367 e. The summed E-state index contributed by atoms with van der Waals surface area (Å²) in [5, 5.41) is 0. The third kappa shape index (κ3) is 3.63. The Hall–Kier alpha value is -0.740. The molecule has 1 aliphatic rings. The van der Waals surface area contributed by atoms with Crippen LogP contribution >= 0.6 is 11.6 Å². The molecule has 3 nitrogen and oxygen atoms in total. The molecule has 0 saturated heterocycles. The lowest BCUT2D eigenvalue weighted by Gasteiger charge is -2.30. The van der Waals surface area contributed by atoms with Crippen molar-refractivity contribution in [3.05, 3.63) is 24.3 Å². The maximum absolute atomic E-state index is 11.5. The summed E-state index contributed by atoms with van der Waals surface area (Å²) in [7, 11) is -3.12. The summed E-state index contributed by atoms with van der Waals surface area (Å²) in [5.74, 6) is 0.588. The first-order valence-corrected chi connectivity index (χ1v) is 9.07. The topological polar surface area (TPSA) is 37.4 Å². The van der Waals surface area contributed by atoms with Gasteiger partial charge in [0.25, 0.3) is 0 Å². The number of sulfone groups is 1. The molecule has 0 N–H and O–H groups in total. The fraction of sp³-hybridized carbons (Fsp3) is 0.571. The van der Waals surface area contributed by atoms with E-state index in [1.165, 1.54) is 31.9 Å². The summed E-state index contributed by atoms with van der Waals surface area (Å²) in [6.07, 6.45) is 6.17. The van der Waals surface area contributed by atoms with Gasteiger partial charge in [0, 0.05) is 30.4 Å². The van der Waals surface area contributed by atoms with Gasteiger partial charge in [-0.05, 0) is 37.1 Å². The molecule has 0 spiro atoms. The van der Waals surface area contributed by atoms with Gasteiger partial charge in [0.15, 0.2) is 9.84 Å². The van der Waals surface area contributed by atoms with Gasteiger partial charge < -0.3 is 4.90 Å². The van der Waals surface area contributed by atoms with Crippen molar-refractivity contribution < 1.29 is 8.42 Å². The highest BCUT2D eigenvalue weighted by Crippen LogP contribution is 2.28. The number of benzene rings is 1. The molecule has 0 bridgehead atoms. The van der Waals surface area contributed by atoms with E-state index in [0.717, 1.165) is 12.2 Å². The van der Waals surface area contributed by atoms with Crippen LogP contribution in [0.1, 0.15) is 25.7 Å². The molecule has 2 rings (SSSR count). The van der Waals surface area contributed by atoms with E-state index in [-0.39, 0.29) is 0 Å². The van der Waals surface area contributed by atoms with Gasteiger partial charge in [-0.1, -0.05) is 12.8 Å². The maximum Gasteiger partial charge on any atom is 0.175 e. The minimum Gasteiger partial charge on any atom is -0.367 e. The first kappa shape index (κ1) is 14.7. The van der Waals surface area contributed by atoms with Gasteiger partial charge in [-0.2, -0.15) is 0 Å². The summed E-state index contributed by atoms with van der Waals surface area (Å²) in [4.78, 5) is 2.68. The summed E-state index contributed by atoms with van der Waals surface area (Å²) >= 11 is 5.89. The molecule has 0 heterocycles. The fourth-order valence-electron chi connectivity index (χ4n) is 2.71. The van der Waals surface area contributed by atoms with Crippen molar-refractivity contribution >= 4 is 27.1 Å². The van der Waals surface area contributed by atoms with E-state index in [2.05, 4.69) is 4.90 Å². The highest BCUT2D eigenvalue weighted by atomic mass is 35.5. The summed E-state index contributed by atoms with van der Waals surface area (Å²) < 4.78 is 22.9. The third-order valence-corrected chi connectivity index (χ3v) is 4.98. The van der Waals surface area contributed by atoms with Crippen molar-refractivity contribution in [2.75, 3.05) is 23.6 Å².